The van der Waals surface area contributed by atoms with E-state index >= 15 is 0 Å². The lowest BCUT2D eigenvalue weighted by Gasteiger charge is -2.30. The van der Waals surface area contributed by atoms with Gasteiger partial charge < -0.3 is 10.1 Å². The summed E-state index contributed by atoms with van der Waals surface area (Å²) < 4.78 is 5.88. The van der Waals surface area contributed by atoms with Gasteiger partial charge in [-0.25, -0.2) is 0 Å². The van der Waals surface area contributed by atoms with Crippen molar-refractivity contribution in [3.8, 4) is 5.75 Å². The van der Waals surface area contributed by atoms with Crippen molar-refractivity contribution >= 4 is 35.2 Å². The lowest BCUT2D eigenvalue weighted by atomic mass is 10.1. The number of anilines is 1. The average Bonchev–Trinajstić information content (AvgIpc) is 2.78. The van der Waals surface area contributed by atoms with Crippen LogP contribution in [0.25, 0.3) is 6.08 Å². The number of fused-ring (bicyclic) bond motifs is 1. The fraction of sp³-hybridized carbons (Fsp3) is 0.154. The number of nitrogens with zero attached hydrogens (tertiary/aromatic N) is 1. The number of aryl methyl sites for hydroxylation is 1. The Balaban J connectivity index is 1.48. The van der Waals surface area contributed by atoms with Gasteiger partial charge in [-0.05, 0) is 54.8 Å². The zero-order valence-corrected chi connectivity index (χ0v) is 18.4. The first-order valence-corrected chi connectivity index (χ1v) is 10.8. The molecule has 0 saturated heterocycles. The fourth-order valence-electron chi connectivity index (χ4n) is 3.53. The van der Waals surface area contributed by atoms with Crippen LogP contribution in [-0.2, 0) is 16.0 Å². The highest BCUT2D eigenvalue weighted by Crippen LogP contribution is 2.35. The van der Waals surface area contributed by atoms with Crippen LogP contribution in [-0.4, -0.2) is 24.9 Å². The van der Waals surface area contributed by atoms with E-state index in [9.17, 15) is 9.59 Å². The smallest absolute Gasteiger partial charge is 0.294 e. The van der Waals surface area contributed by atoms with Crippen LogP contribution in [0.4, 0.5) is 5.69 Å². The predicted octanol–water partition coefficient (Wildman–Crippen LogP) is 4.77. The van der Waals surface area contributed by atoms with E-state index in [1.165, 1.54) is 4.90 Å². The number of rotatable bonds is 6. The van der Waals surface area contributed by atoms with Crippen LogP contribution in [0.15, 0.2) is 78.6 Å². The monoisotopic (exact) mass is 446 g/mol. The number of amides is 2. The number of para-hydroxylation sites is 2. The standard InChI is InChI=1S/C26H23ClN2O3/c1-18-5-4-6-20(15-18)16-24-26(31)29(22-7-2-3-8-23(22)32-24)17-25(30)28-14-13-19-9-11-21(27)12-10-19/h2-12,15-16H,13-14,17H2,1H3,(H,28,30). The minimum Gasteiger partial charge on any atom is -0.449 e. The van der Waals surface area contributed by atoms with Gasteiger partial charge in [-0.2, -0.15) is 0 Å². The van der Waals surface area contributed by atoms with Crippen molar-refractivity contribution in [1.82, 2.24) is 5.32 Å². The van der Waals surface area contributed by atoms with Gasteiger partial charge in [0.2, 0.25) is 5.91 Å². The van der Waals surface area contributed by atoms with Crippen LogP contribution in [0.2, 0.25) is 5.02 Å². The van der Waals surface area contributed by atoms with Crippen molar-refractivity contribution in [2.75, 3.05) is 18.0 Å². The number of halogens is 1. The van der Waals surface area contributed by atoms with E-state index < -0.39 is 0 Å². The number of ether oxygens (including phenoxy) is 1. The summed E-state index contributed by atoms with van der Waals surface area (Å²) in [5.74, 6) is 0.139. The molecule has 0 atom stereocenters. The maximum atomic E-state index is 13.2. The molecule has 1 aliphatic rings. The van der Waals surface area contributed by atoms with E-state index in [0.29, 0.717) is 29.4 Å². The van der Waals surface area contributed by atoms with Crippen molar-refractivity contribution in [2.24, 2.45) is 0 Å². The Kier molecular flexibility index (Phi) is 6.57. The molecule has 0 bridgehead atoms. The Hall–Kier alpha value is -3.57. The van der Waals surface area contributed by atoms with E-state index in [2.05, 4.69) is 5.32 Å². The van der Waals surface area contributed by atoms with Gasteiger partial charge >= 0.3 is 0 Å². The molecule has 0 aromatic heterocycles. The zero-order valence-electron chi connectivity index (χ0n) is 17.7. The summed E-state index contributed by atoms with van der Waals surface area (Å²) in [5.41, 5.74) is 3.60. The van der Waals surface area contributed by atoms with Crippen LogP contribution in [0.5, 0.6) is 5.75 Å². The predicted molar refractivity (Wildman–Crippen MR) is 127 cm³/mol. The molecule has 0 aliphatic carbocycles. The second-order valence-corrected chi connectivity index (χ2v) is 8.05. The van der Waals surface area contributed by atoms with Crippen molar-refractivity contribution in [3.63, 3.8) is 0 Å². The number of carbonyl (C=O) groups is 2. The van der Waals surface area contributed by atoms with Crippen LogP contribution < -0.4 is 15.0 Å². The lowest BCUT2D eigenvalue weighted by molar-refractivity contribution is -0.123. The van der Waals surface area contributed by atoms with Crippen molar-refractivity contribution < 1.29 is 14.3 Å². The van der Waals surface area contributed by atoms with Crippen LogP contribution in [0, 0.1) is 6.92 Å². The molecule has 32 heavy (non-hydrogen) atoms. The van der Waals surface area contributed by atoms with Gasteiger partial charge in [0.1, 0.15) is 6.54 Å². The second-order valence-electron chi connectivity index (χ2n) is 7.61. The Bertz CT molecular complexity index is 1170. The van der Waals surface area contributed by atoms with Crippen molar-refractivity contribution in [2.45, 2.75) is 13.3 Å². The molecule has 4 rings (SSSR count). The van der Waals surface area contributed by atoms with E-state index in [-0.39, 0.29) is 24.1 Å². The van der Waals surface area contributed by atoms with Gasteiger partial charge in [0.15, 0.2) is 11.5 Å². The minimum absolute atomic E-state index is 0.0923. The van der Waals surface area contributed by atoms with E-state index in [1.807, 2.05) is 67.6 Å². The molecular weight excluding hydrogens is 424 g/mol. The Morgan fingerprint density at radius 3 is 2.62 bits per heavy atom. The van der Waals surface area contributed by atoms with Crippen LogP contribution in [0.1, 0.15) is 16.7 Å². The Morgan fingerprint density at radius 1 is 1.06 bits per heavy atom. The second kappa shape index (κ2) is 9.71. The SMILES string of the molecule is Cc1cccc(C=C2Oc3ccccc3N(CC(=O)NCCc3ccc(Cl)cc3)C2=O)c1. The van der Waals surface area contributed by atoms with Gasteiger partial charge in [0.05, 0.1) is 5.69 Å². The van der Waals surface area contributed by atoms with Crippen molar-refractivity contribution in [3.05, 3.63) is 100 Å². The third kappa shape index (κ3) is 5.18. The molecule has 3 aromatic carbocycles. The van der Waals surface area contributed by atoms with E-state index in [1.54, 1.807) is 18.2 Å². The lowest BCUT2D eigenvalue weighted by Crippen LogP contribution is -2.44. The van der Waals surface area contributed by atoms with Crippen LogP contribution in [0.3, 0.4) is 0 Å². The molecule has 0 radical (unpaired) electrons. The third-order valence-electron chi connectivity index (χ3n) is 5.12. The molecule has 162 valence electrons. The molecule has 2 amide bonds. The van der Waals surface area contributed by atoms with Gasteiger partial charge in [0, 0.05) is 11.6 Å². The first-order chi connectivity index (χ1) is 15.5. The summed E-state index contributed by atoms with van der Waals surface area (Å²) in [4.78, 5) is 27.3. The highest BCUT2D eigenvalue weighted by Gasteiger charge is 2.31. The number of hydrogen-bond donors (Lipinski definition) is 1. The van der Waals surface area contributed by atoms with E-state index in [4.69, 9.17) is 16.3 Å². The zero-order chi connectivity index (χ0) is 22.5. The molecule has 1 heterocycles. The Labute approximate surface area is 192 Å². The molecule has 3 aromatic rings. The molecule has 5 nitrogen and oxygen atoms in total. The summed E-state index contributed by atoms with van der Waals surface area (Å²) in [6, 6.07) is 22.5. The van der Waals surface area contributed by atoms with Gasteiger partial charge in [0.25, 0.3) is 5.91 Å². The summed E-state index contributed by atoms with van der Waals surface area (Å²) in [5, 5.41) is 3.57. The summed E-state index contributed by atoms with van der Waals surface area (Å²) >= 11 is 5.91. The molecule has 0 spiro atoms. The molecule has 6 heteroatoms. The van der Waals surface area contributed by atoms with Gasteiger partial charge in [-0.3, -0.25) is 14.5 Å². The Morgan fingerprint density at radius 2 is 1.84 bits per heavy atom. The number of hydrogen-bond acceptors (Lipinski definition) is 3. The fourth-order valence-corrected chi connectivity index (χ4v) is 3.65. The number of nitrogens with one attached hydrogen (secondary N) is 1. The average molecular weight is 447 g/mol. The molecule has 1 aliphatic heterocycles. The topological polar surface area (TPSA) is 58.6 Å². The minimum atomic E-state index is -0.349. The maximum absolute atomic E-state index is 13.2. The van der Waals surface area contributed by atoms with Gasteiger partial charge in [-0.1, -0.05) is 65.7 Å². The first kappa shape index (κ1) is 21.7. The molecule has 0 saturated carbocycles. The molecule has 0 fully saturated rings. The molecule has 1 N–H and O–H groups in total. The van der Waals surface area contributed by atoms with Crippen LogP contribution >= 0.6 is 11.6 Å². The summed E-state index contributed by atoms with van der Waals surface area (Å²) in [6.07, 6.45) is 2.38. The maximum Gasteiger partial charge on any atom is 0.294 e. The van der Waals surface area contributed by atoms with Gasteiger partial charge in [-0.15, -0.1) is 0 Å². The summed E-state index contributed by atoms with van der Waals surface area (Å²) in [6.45, 7) is 2.36. The van der Waals surface area contributed by atoms with Crippen molar-refractivity contribution in [1.29, 1.82) is 0 Å². The molecule has 0 unspecified atom stereocenters. The highest BCUT2D eigenvalue weighted by atomic mass is 35.5. The quantitative estimate of drug-likeness (QED) is 0.555. The summed E-state index contributed by atoms with van der Waals surface area (Å²) in [7, 11) is 0. The third-order valence-corrected chi connectivity index (χ3v) is 5.37. The number of carbonyl (C=O) groups excluding carboxylic acids is 2. The first-order valence-electron chi connectivity index (χ1n) is 10.4. The molecular formula is C26H23ClN2O3. The van der Waals surface area contributed by atoms with E-state index in [0.717, 1.165) is 16.7 Å². The normalized spacial score (nSPS) is 14.1. The highest BCUT2D eigenvalue weighted by molar-refractivity contribution is 6.30. The largest absolute Gasteiger partial charge is 0.449 e. The number of benzene rings is 3.